The standard InChI is InChI=1S/C28H29Cl2FN2O2S/c1-2-14-32-28(35)26(16-20-6-4-3-5-7-20)33(17-21-8-11-23(31)12-9-21)27(34)19-36-18-22-10-13-24(29)25(30)15-22/h3-13,15,26H,2,14,16-19H2,1H3,(H,32,35)/t26-/m0/s1. The Hall–Kier alpha value is -2.54. The van der Waals surface area contributed by atoms with Crippen molar-refractivity contribution in [2.75, 3.05) is 12.3 Å². The Balaban J connectivity index is 1.82. The number of hydrogen-bond donors (Lipinski definition) is 1. The van der Waals surface area contributed by atoms with Crippen LogP contribution in [0.4, 0.5) is 4.39 Å². The van der Waals surface area contributed by atoms with Crippen LogP contribution in [0.25, 0.3) is 0 Å². The van der Waals surface area contributed by atoms with Crippen LogP contribution in [0.15, 0.2) is 72.8 Å². The summed E-state index contributed by atoms with van der Waals surface area (Å²) in [5.74, 6) is 0.0181. The van der Waals surface area contributed by atoms with E-state index in [0.29, 0.717) is 28.8 Å². The van der Waals surface area contributed by atoms with Crippen LogP contribution in [0.5, 0.6) is 0 Å². The smallest absolute Gasteiger partial charge is 0.243 e. The molecule has 36 heavy (non-hydrogen) atoms. The lowest BCUT2D eigenvalue weighted by Gasteiger charge is -2.31. The first-order valence-corrected chi connectivity index (χ1v) is 13.7. The van der Waals surface area contributed by atoms with Crippen molar-refractivity contribution < 1.29 is 14.0 Å². The van der Waals surface area contributed by atoms with Crippen molar-refractivity contribution in [3.8, 4) is 0 Å². The molecule has 0 spiro atoms. The molecule has 0 radical (unpaired) electrons. The lowest BCUT2D eigenvalue weighted by Crippen LogP contribution is -2.51. The SMILES string of the molecule is CCCNC(=O)[C@H](Cc1ccccc1)N(Cc1ccc(F)cc1)C(=O)CSCc1ccc(Cl)c(Cl)c1. The molecule has 0 aliphatic heterocycles. The predicted molar refractivity (Wildman–Crippen MR) is 147 cm³/mol. The van der Waals surface area contributed by atoms with E-state index in [-0.39, 0.29) is 29.9 Å². The van der Waals surface area contributed by atoms with Gasteiger partial charge in [0.2, 0.25) is 11.8 Å². The third kappa shape index (κ3) is 8.54. The lowest BCUT2D eigenvalue weighted by molar-refractivity contribution is -0.139. The molecule has 4 nitrogen and oxygen atoms in total. The summed E-state index contributed by atoms with van der Waals surface area (Å²) in [7, 11) is 0. The molecule has 0 aliphatic carbocycles. The van der Waals surface area contributed by atoms with Gasteiger partial charge in [0, 0.05) is 25.3 Å². The van der Waals surface area contributed by atoms with Crippen LogP contribution in [0, 0.1) is 5.82 Å². The monoisotopic (exact) mass is 546 g/mol. The average molecular weight is 548 g/mol. The van der Waals surface area contributed by atoms with E-state index < -0.39 is 6.04 Å². The zero-order chi connectivity index (χ0) is 25.9. The Morgan fingerprint density at radius 1 is 0.944 bits per heavy atom. The zero-order valence-electron chi connectivity index (χ0n) is 20.1. The van der Waals surface area contributed by atoms with E-state index in [1.165, 1.54) is 23.9 Å². The Morgan fingerprint density at radius 3 is 2.31 bits per heavy atom. The number of carbonyl (C=O) groups excluding carboxylic acids is 2. The van der Waals surface area contributed by atoms with Gasteiger partial charge in [-0.15, -0.1) is 11.8 Å². The molecule has 0 heterocycles. The maximum absolute atomic E-state index is 13.5. The van der Waals surface area contributed by atoms with Gasteiger partial charge < -0.3 is 10.2 Å². The number of nitrogens with zero attached hydrogens (tertiary/aromatic N) is 1. The third-order valence-electron chi connectivity index (χ3n) is 5.56. The number of amides is 2. The van der Waals surface area contributed by atoms with Gasteiger partial charge in [-0.3, -0.25) is 9.59 Å². The molecule has 3 aromatic rings. The van der Waals surface area contributed by atoms with Crippen LogP contribution in [0.1, 0.15) is 30.0 Å². The summed E-state index contributed by atoms with van der Waals surface area (Å²) in [6, 6.07) is 20.3. The quantitative estimate of drug-likeness (QED) is 0.281. The Labute approximate surface area is 226 Å². The molecule has 0 aromatic heterocycles. The number of thioether (sulfide) groups is 1. The van der Waals surface area contributed by atoms with Gasteiger partial charge in [-0.1, -0.05) is 78.7 Å². The maximum Gasteiger partial charge on any atom is 0.243 e. The van der Waals surface area contributed by atoms with Gasteiger partial charge >= 0.3 is 0 Å². The normalized spacial score (nSPS) is 11.7. The molecule has 0 bridgehead atoms. The minimum Gasteiger partial charge on any atom is -0.354 e. The van der Waals surface area contributed by atoms with E-state index in [1.54, 1.807) is 29.2 Å². The molecular formula is C28H29Cl2FN2O2S. The highest BCUT2D eigenvalue weighted by Crippen LogP contribution is 2.25. The molecule has 0 fully saturated rings. The van der Waals surface area contributed by atoms with E-state index in [1.807, 2.05) is 43.3 Å². The van der Waals surface area contributed by atoms with E-state index in [9.17, 15) is 14.0 Å². The zero-order valence-corrected chi connectivity index (χ0v) is 22.4. The number of halogens is 3. The van der Waals surface area contributed by atoms with Crippen LogP contribution in [-0.2, 0) is 28.3 Å². The van der Waals surface area contributed by atoms with Gasteiger partial charge in [-0.2, -0.15) is 0 Å². The van der Waals surface area contributed by atoms with Gasteiger partial charge in [-0.05, 0) is 47.4 Å². The molecule has 0 unspecified atom stereocenters. The Morgan fingerprint density at radius 2 is 1.64 bits per heavy atom. The minimum absolute atomic E-state index is 0.169. The molecule has 2 amide bonds. The largest absolute Gasteiger partial charge is 0.354 e. The average Bonchev–Trinajstić information content (AvgIpc) is 2.88. The third-order valence-corrected chi connectivity index (χ3v) is 7.29. The van der Waals surface area contributed by atoms with Crippen molar-refractivity contribution in [3.63, 3.8) is 0 Å². The maximum atomic E-state index is 13.5. The molecule has 1 atom stereocenters. The number of nitrogens with one attached hydrogen (secondary N) is 1. The lowest BCUT2D eigenvalue weighted by atomic mass is 10.0. The first kappa shape index (κ1) is 28.0. The predicted octanol–water partition coefficient (Wildman–Crippen LogP) is 6.53. The topological polar surface area (TPSA) is 49.4 Å². The van der Waals surface area contributed by atoms with Crippen molar-refractivity contribution in [3.05, 3.63) is 105 Å². The van der Waals surface area contributed by atoms with E-state index in [4.69, 9.17) is 23.2 Å². The number of benzene rings is 3. The van der Waals surface area contributed by atoms with Crippen LogP contribution in [-0.4, -0.2) is 35.1 Å². The van der Waals surface area contributed by atoms with Crippen molar-refractivity contribution >= 4 is 46.8 Å². The number of hydrogen-bond acceptors (Lipinski definition) is 3. The molecule has 0 aliphatic rings. The highest BCUT2D eigenvalue weighted by molar-refractivity contribution is 7.99. The van der Waals surface area contributed by atoms with Crippen LogP contribution < -0.4 is 5.32 Å². The second kappa shape index (κ2) is 14.3. The first-order chi connectivity index (χ1) is 17.4. The van der Waals surface area contributed by atoms with Gasteiger partial charge in [0.1, 0.15) is 11.9 Å². The molecule has 3 aromatic carbocycles. The summed E-state index contributed by atoms with van der Waals surface area (Å²) in [5.41, 5.74) is 2.66. The van der Waals surface area contributed by atoms with Gasteiger partial charge in [0.25, 0.3) is 0 Å². The Bertz CT molecular complexity index is 1150. The van der Waals surface area contributed by atoms with Gasteiger partial charge in [-0.25, -0.2) is 4.39 Å². The van der Waals surface area contributed by atoms with Gasteiger partial charge in [0.05, 0.1) is 15.8 Å². The molecule has 0 saturated carbocycles. The van der Waals surface area contributed by atoms with Crippen molar-refractivity contribution in [2.45, 2.75) is 38.1 Å². The Kier molecular flexibility index (Phi) is 11.1. The fraction of sp³-hybridized carbons (Fsp3) is 0.286. The first-order valence-electron chi connectivity index (χ1n) is 11.7. The van der Waals surface area contributed by atoms with Gasteiger partial charge in [0.15, 0.2) is 0 Å². The molecule has 3 rings (SSSR count). The van der Waals surface area contributed by atoms with E-state index in [0.717, 1.165) is 23.1 Å². The summed E-state index contributed by atoms with van der Waals surface area (Å²) in [4.78, 5) is 28.4. The highest BCUT2D eigenvalue weighted by Gasteiger charge is 2.30. The molecule has 8 heteroatoms. The fourth-order valence-corrected chi connectivity index (χ4v) is 4.85. The summed E-state index contributed by atoms with van der Waals surface area (Å²) >= 11 is 13.6. The van der Waals surface area contributed by atoms with Crippen molar-refractivity contribution in [2.24, 2.45) is 0 Å². The minimum atomic E-state index is -0.706. The molecular weight excluding hydrogens is 518 g/mol. The molecule has 1 N–H and O–H groups in total. The highest BCUT2D eigenvalue weighted by atomic mass is 35.5. The molecule has 0 saturated heterocycles. The summed E-state index contributed by atoms with van der Waals surface area (Å²) < 4.78 is 13.5. The van der Waals surface area contributed by atoms with Crippen molar-refractivity contribution in [1.29, 1.82) is 0 Å². The van der Waals surface area contributed by atoms with E-state index >= 15 is 0 Å². The second-order valence-corrected chi connectivity index (χ2v) is 10.2. The second-order valence-electron chi connectivity index (χ2n) is 8.39. The summed E-state index contributed by atoms with van der Waals surface area (Å²) in [5, 5.41) is 3.90. The van der Waals surface area contributed by atoms with E-state index in [2.05, 4.69) is 5.32 Å². The van der Waals surface area contributed by atoms with Crippen LogP contribution >= 0.6 is 35.0 Å². The van der Waals surface area contributed by atoms with Crippen LogP contribution in [0.2, 0.25) is 10.0 Å². The summed E-state index contributed by atoms with van der Waals surface area (Å²) in [6.45, 7) is 2.70. The number of rotatable bonds is 12. The van der Waals surface area contributed by atoms with Crippen LogP contribution in [0.3, 0.4) is 0 Å². The van der Waals surface area contributed by atoms with Crippen molar-refractivity contribution in [1.82, 2.24) is 10.2 Å². The molecule has 190 valence electrons. The number of carbonyl (C=O) groups is 2. The fourth-order valence-electron chi connectivity index (χ4n) is 3.68. The summed E-state index contributed by atoms with van der Waals surface area (Å²) in [6.07, 6.45) is 1.16.